The minimum atomic E-state index is 0.289. The van der Waals surface area contributed by atoms with Crippen molar-refractivity contribution >= 4 is 5.95 Å². The molecule has 188 valence electrons. The Labute approximate surface area is 211 Å². The third-order valence-electron chi connectivity index (χ3n) is 7.27. The molecule has 8 heteroatoms. The first-order valence-corrected chi connectivity index (χ1v) is 12.7. The van der Waals surface area contributed by atoms with Crippen molar-refractivity contribution in [1.82, 2.24) is 14.9 Å². The van der Waals surface area contributed by atoms with Crippen LogP contribution >= 0.6 is 0 Å². The maximum atomic E-state index is 6.39. The molecular formula is C28H32N4O4. The standard InChI is InChI=1S/C28H32N4O4/c1-19-9-13-32(14-10-19)28-29-24-11-12-31(16-20-3-8-25-26(15-20)35-18-34-25)17-23(24)27(30-28)36-22-6-4-21(33-2)5-7-22/h3-8,15,19H,9-14,16-18H2,1-2H3. The molecule has 0 atom stereocenters. The molecule has 0 saturated carbocycles. The van der Waals surface area contributed by atoms with Crippen molar-refractivity contribution in [2.24, 2.45) is 5.92 Å². The number of hydrogen-bond acceptors (Lipinski definition) is 8. The first-order chi connectivity index (χ1) is 17.6. The largest absolute Gasteiger partial charge is 0.497 e. The third-order valence-corrected chi connectivity index (χ3v) is 7.27. The van der Waals surface area contributed by atoms with Gasteiger partial charge in [-0.05, 0) is 60.7 Å². The van der Waals surface area contributed by atoms with E-state index in [2.05, 4.69) is 28.9 Å². The Hall–Kier alpha value is -3.52. The summed E-state index contributed by atoms with van der Waals surface area (Å²) in [5.74, 6) is 5.34. The SMILES string of the molecule is COc1ccc(Oc2nc(N3CCC(C)CC3)nc3c2CN(Cc2ccc4c(c2)OCO4)CC3)cc1. The van der Waals surface area contributed by atoms with E-state index in [0.717, 1.165) is 85.3 Å². The van der Waals surface area contributed by atoms with Crippen LogP contribution in [0.2, 0.25) is 0 Å². The molecule has 2 aromatic carbocycles. The Bertz CT molecular complexity index is 1220. The van der Waals surface area contributed by atoms with Crippen molar-refractivity contribution in [2.45, 2.75) is 39.3 Å². The van der Waals surface area contributed by atoms with Crippen LogP contribution in [0.4, 0.5) is 5.95 Å². The summed E-state index contributed by atoms with van der Waals surface area (Å²) >= 11 is 0. The van der Waals surface area contributed by atoms with Gasteiger partial charge in [-0.15, -0.1) is 0 Å². The van der Waals surface area contributed by atoms with Crippen LogP contribution in [-0.2, 0) is 19.5 Å². The average molecular weight is 489 g/mol. The number of rotatable bonds is 6. The monoisotopic (exact) mass is 488 g/mol. The summed E-state index contributed by atoms with van der Waals surface area (Å²) in [5.41, 5.74) is 3.34. The number of ether oxygens (including phenoxy) is 4. The lowest BCUT2D eigenvalue weighted by atomic mass is 9.99. The minimum absolute atomic E-state index is 0.289. The second-order valence-corrected chi connectivity index (χ2v) is 9.85. The van der Waals surface area contributed by atoms with Gasteiger partial charge in [0, 0.05) is 39.1 Å². The van der Waals surface area contributed by atoms with Crippen LogP contribution in [0, 0.1) is 5.92 Å². The minimum Gasteiger partial charge on any atom is -0.497 e. The summed E-state index contributed by atoms with van der Waals surface area (Å²) in [4.78, 5) is 14.7. The van der Waals surface area contributed by atoms with E-state index in [1.165, 1.54) is 18.4 Å². The summed E-state index contributed by atoms with van der Waals surface area (Å²) < 4.78 is 22.7. The smallest absolute Gasteiger partial charge is 0.231 e. The third kappa shape index (κ3) is 4.78. The number of methoxy groups -OCH3 is 1. The summed E-state index contributed by atoms with van der Waals surface area (Å²) in [6.07, 6.45) is 3.19. The van der Waals surface area contributed by atoms with Gasteiger partial charge < -0.3 is 23.8 Å². The Morgan fingerprint density at radius 3 is 2.53 bits per heavy atom. The molecule has 0 spiro atoms. The van der Waals surface area contributed by atoms with E-state index in [-0.39, 0.29) is 6.79 Å². The topological polar surface area (TPSA) is 69.2 Å². The number of nitrogens with zero attached hydrogens (tertiary/aromatic N) is 4. The zero-order chi connectivity index (χ0) is 24.5. The van der Waals surface area contributed by atoms with Crippen molar-refractivity contribution in [3.63, 3.8) is 0 Å². The molecular weight excluding hydrogens is 456 g/mol. The van der Waals surface area contributed by atoms with Gasteiger partial charge in [0.05, 0.1) is 18.4 Å². The first kappa shape index (κ1) is 22.9. The van der Waals surface area contributed by atoms with Gasteiger partial charge in [-0.3, -0.25) is 4.90 Å². The molecule has 36 heavy (non-hydrogen) atoms. The Kier molecular flexibility index (Phi) is 6.27. The highest BCUT2D eigenvalue weighted by atomic mass is 16.7. The lowest BCUT2D eigenvalue weighted by Crippen LogP contribution is -2.36. The van der Waals surface area contributed by atoms with E-state index in [4.69, 9.17) is 28.9 Å². The molecule has 6 rings (SSSR count). The summed E-state index contributed by atoms with van der Waals surface area (Å²) in [6.45, 7) is 7.04. The molecule has 0 bridgehead atoms. The molecule has 3 aliphatic rings. The molecule has 1 fully saturated rings. The number of benzene rings is 2. The van der Waals surface area contributed by atoms with Crippen LogP contribution in [0.1, 0.15) is 36.6 Å². The number of aromatic nitrogens is 2. The Morgan fingerprint density at radius 2 is 1.72 bits per heavy atom. The molecule has 0 amide bonds. The van der Waals surface area contributed by atoms with Gasteiger partial charge in [0.15, 0.2) is 11.5 Å². The predicted octanol–water partition coefficient (Wildman–Crippen LogP) is 4.80. The highest BCUT2D eigenvalue weighted by Crippen LogP contribution is 2.35. The lowest BCUT2D eigenvalue weighted by molar-refractivity contribution is 0.174. The van der Waals surface area contributed by atoms with Gasteiger partial charge in [0.25, 0.3) is 0 Å². The molecule has 0 unspecified atom stereocenters. The van der Waals surface area contributed by atoms with Crippen molar-refractivity contribution < 1.29 is 18.9 Å². The molecule has 1 aromatic heterocycles. The van der Waals surface area contributed by atoms with Crippen LogP contribution in [0.5, 0.6) is 28.9 Å². The van der Waals surface area contributed by atoms with Gasteiger partial charge in [-0.25, -0.2) is 4.98 Å². The predicted molar refractivity (Wildman–Crippen MR) is 136 cm³/mol. The maximum absolute atomic E-state index is 6.39. The normalized spacial score (nSPS) is 17.7. The van der Waals surface area contributed by atoms with Crippen molar-refractivity contribution in [2.75, 3.05) is 38.4 Å². The number of anilines is 1. The van der Waals surface area contributed by atoms with Crippen molar-refractivity contribution in [3.05, 3.63) is 59.3 Å². The van der Waals surface area contributed by atoms with Crippen LogP contribution in [0.3, 0.4) is 0 Å². The van der Waals surface area contributed by atoms with Gasteiger partial charge in [0.1, 0.15) is 11.5 Å². The van der Waals surface area contributed by atoms with E-state index in [9.17, 15) is 0 Å². The fraction of sp³-hybridized carbons (Fsp3) is 0.429. The summed E-state index contributed by atoms with van der Waals surface area (Å²) in [6, 6.07) is 13.8. The zero-order valence-electron chi connectivity index (χ0n) is 20.9. The van der Waals surface area contributed by atoms with Gasteiger partial charge in [0.2, 0.25) is 18.6 Å². The fourth-order valence-corrected chi connectivity index (χ4v) is 5.05. The van der Waals surface area contributed by atoms with Gasteiger partial charge >= 0.3 is 0 Å². The average Bonchev–Trinajstić information content (AvgIpc) is 3.38. The van der Waals surface area contributed by atoms with Crippen LogP contribution in [-0.4, -0.2) is 48.4 Å². The first-order valence-electron chi connectivity index (χ1n) is 12.7. The molecule has 3 aliphatic heterocycles. The van der Waals surface area contributed by atoms with Gasteiger partial charge in [-0.2, -0.15) is 4.98 Å². The van der Waals surface area contributed by atoms with Gasteiger partial charge in [-0.1, -0.05) is 13.0 Å². The molecule has 0 aliphatic carbocycles. The van der Waals surface area contributed by atoms with Crippen molar-refractivity contribution in [1.29, 1.82) is 0 Å². The van der Waals surface area contributed by atoms with E-state index in [0.29, 0.717) is 5.88 Å². The highest BCUT2D eigenvalue weighted by Gasteiger charge is 2.27. The highest BCUT2D eigenvalue weighted by molar-refractivity contribution is 5.46. The maximum Gasteiger partial charge on any atom is 0.231 e. The van der Waals surface area contributed by atoms with Crippen molar-refractivity contribution in [3.8, 4) is 28.9 Å². The number of hydrogen-bond donors (Lipinski definition) is 0. The number of fused-ring (bicyclic) bond motifs is 2. The molecule has 3 aromatic rings. The molecule has 8 nitrogen and oxygen atoms in total. The summed E-state index contributed by atoms with van der Waals surface area (Å²) in [5, 5.41) is 0. The van der Waals surface area contributed by atoms with E-state index in [1.807, 2.05) is 30.3 Å². The molecule has 4 heterocycles. The fourth-order valence-electron chi connectivity index (χ4n) is 5.05. The van der Waals surface area contributed by atoms with Crippen LogP contribution < -0.4 is 23.8 Å². The second kappa shape index (κ2) is 9.85. The Balaban J connectivity index is 1.27. The quantitative estimate of drug-likeness (QED) is 0.490. The van der Waals surface area contributed by atoms with E-state index < -0.39 is 0 Å². The molecule has 1 saturated heterocycles. The summed E-state index contributed by atoms with van der Waals surface area (Å²) in [7, 11) is 1.66. The number of piperidine rings is 1. The van der Waals surface area contributed by atoms with E-state index in [1.54, 1.807) is 7.11 Å². The lowest BCUT2D eigenvalue weighted by Gasteiger charge is -2.33. The molecule has 0 N–H and O–H groups in total. The zero-order valence-corrected chi connectivity index (χ0v) is 20.9. The Morgan fingerprint density at radius 1 is 0.944 bits per heavy atom. The second-order valence-electron chi connectivity index (χ2n) is 9.85. The van der Waals surface area contributed by atoms with E-state index >= 15 is 0 Å². The van der Waals surface area contributed by atoms with Crippen LogP contribution in [0.15, 0.2) is 42.5 Å². The molecule has 0 radical (unpaired) electrons. The van der Waals surface area contributed by atoms with Crippen LogP contribution in [0.25, 0.3) is 0 Å².